The summed E-state index contributed by atoms with van der Waals surface area (Å²) in [4.78, 5) is 0. The Hall–Kier alpha value is -1.91. The van der Waals surface area contributed by atoms with Gasteiger partial charge in [-0.05, 0) is 12.1 Å². The first-order valence-corrected chi connectivity index (χ1v) is 4.29. The lowest BCUT2D eigenvalue weighted by Crippen LogP contribution is -1.98. The van der Waals surface area contributed by atoms with Gasteiger partial charge >= 0.3 is 0 Å². The van der Waals surface area contributed by atoms with Crippen molar-refractivity contribution >= 4 is 16.7 Å². The van der Waals surface area contributed by atoms with Gasteiger partial charge < -0.3 is 0 Å². The van der Waals surface area contributed by atoms with Crippen molar-refractivity contribution in [2.45, 2.75) is 0 Å². The van der Waals surface area contributed by atoms with Crippen molar-refractivity contribution in [3.8, 4) is 0 Å². The predicted molar refractivity (Wildman–Crippen MR) is 54.3 cm³/mol. The van der Waals surface area contributed by atoms with Crippen LogP contribution in [0.4, 0.5) is 5.82 Å². The molecule has 72 valence electrons. The summed E-state index contributed by atoms with van der Waals surface area (Å²) in [5.41, 5.74) is 0.972. The van der Waals surface area contributed by atoms with Crippen LogP contribution in [0.2, 0.25) is 0 Å². The Morgan fingerprint density at radius 3 is 2.86 bits per heavy atom. The molecular formula is C9H11N5. The van der Waals surface area contributed by atoms with Crippen molar-refractivity contribution in [1.29, 1.82) is 0 Å². The molecule has 1 heterocycles. The summed E-state index contributed by atoms with van der Waals surface area (Å²) >= 11 is 0. The molecule has 2 rings (SSSR count). The largest absolute Gasteiger partial charge is 0.285 e. The second-order valence-corrected chi connectivity index (χ2v) is 3.13. The van der Waals surface area contributed by atoms with Crippen molar-refractivity contribution in [2.24, 2.45) is 10.3 Å². The lowest BCUT2D eigenvalue weighted by molar-refractivity contribution is 0.408. The quantitative estimate of drug-likeness (QED) is 0.581. The van der Waals surface area contributed by atoms with Crippen molar-refractivity contribution in [1.82, 2.24) is 15.2 Å². The first kappa shape index (κ1) is 8.68. The minimum Gasteiger partial charge on any atom is -0.285 e. The van der Waals surface area contributed by atoms with Crippen LogP contribution in [0.25, 0.3) is 10.9 Å². The van der Waals surface area contributed by atoms with Crippen LogP contribution in [-0.2, 0) is 0 Å². The molecule has 0 fully saturated rings. The lowest BCUT2D eigenvalue weighted by atomic mass is 10.2. The van der Waals surface area contributed by atoms with Gasteiger partial charge in [-0.25, -0.2) is 0 Å². The topological polar surface area (TPSA) is 56.6 Å². The van der Waals surface area contributed by atoms with Gasteiger partial charge in [0.1, 0.15) is 0 Å². The molecule has 0 amide bonds. The average molecular weight is 189 g/mol. The SMILES string of the molecule is CN(C)N=Nc1n[nH]c2ccccc12. The standard InChI is InChI=1S/C9H11N5/c1-14(2)13-12-9-7-5-3-4-6-8(7)10-11-9/h3-6H,1-2H3,(H,10,11). The molecule has 0 radical (unpaired) electrons. The minimum atomic E-state index is 0.620. The Morgan fingerprint density at radius 2 is 2.07 bits per heavy atom. The third-order valence-corrected chi connectivity index (χ3v) is 1.77. The minimum absolute atomic E-state index is 0.620. The molecule has 5 nitrogen and oxygen atoms in total. The fourth-order valence-electron chi connectivity index (χ4n) is 1.16. The second kappa shape index (κ2) is 3.45. The van der Waals surface area contributed by atoms with E-state index in [0.717, 1.165) is 10.9 Å². The zero-order valence-corrected chi connectivity index (χ0v) is 8.10. The molecule has 0 bridgehead atoms. The third kappa shape index (κ3) is 1.56. The molecule has 1 aromatic heterocycles. The van der Waals surface area contributed by atoms with Crippen molar-refractivity contribution in [2.75, 3.05) is 14.1 Å². The van der Waals surface area contributed by atoms with Gasteiger partial charge in [-0.2, -0.15) is 5.10 Å². The number of fused-ring (bicyclic) bond motifs is 1. The van der Waals surface area contributed by atoms with Crippen molar-refractivity contribution in [3.05, 3.63) is 24.3 Å². The highest BCUT2D eigenvalue weighted by Crippen LogP contribution is 2.22. The number of benzene rings is 1. The van der Waals surface area contributed by atoms with Gasteiger partial charge in [-0.3, -0.25) is 10.1 Å². The fourth-order valence-corrected chi connectivity index (χ4v) is 1.16. The van der Waals surface area contributed by atoms with Crippen LogP contribution < -0.4 is 0 Å². The molecule has 0 aliphatic carbocycles. The lowest BCUT2D eigenvalue weighted by Gasteiger charge is -1.98. The van der Waals surface area contributed by atoms with E-state index >= 15 is 0 Å². The number of nitrogens with one attached hydrogen (secondary N) is 1. The molecule has 0 spiro atoms. The van der Waals surface area contributed by atoms with Gasteiger partial charge in [-0.1, -0.05) is 17.4 Å². The summed E-state index contributed by atoms with van der Waals surface area (Å²) in [7, 11) is 3.64. The van der Waals surface area contributed by atoms with Crippen molar-refractivity contribution in [3.63, 3.8) is 0 Å². The van der Waals surface area contributed by atoms with E-state index in [0.29, 0.717) is 5.82 Å². The number of H-pyrrole nitrogens is 1. The van der Waals surface area contributed by atoms with Gasteiger partial charge in [-0.15, -0.1) is 5.11 Å². The monoisotopic (exact) mass is 189 g/mol. The third-order valence-electron chi connectivity index (χ3n) is 1.77. The van der Waals surface area contributed by atoms with E-state index in [1.165, 1.54) is 0 Å². The summed E-state index contributed by atoms with van der Waals surface area (Å²) in [6.07, 6.45) is 0. The summed E-state index contributed by atoms with van der Waals surface area (Å²) in [6.45, 7) is 0. The van der Waals surface area contributed by atoms with E-state index in [-0.39, 0.29) is 0 Å². The average Bonchev–Trinajstić information content (AvgIpc) is 2.58. The van der Waals surface area contributed by atoms with Crippen LogP contribution in [0.15, 0.2) is 34.6 Å². The van der Waals surface area contributed by atoms with Crippen LogP contribution in [0.5, 0.6) is 0 Å². The van der Waals surface area contributed by atoms with Crippen LogP contribution in [0, 0.1) is 0 Å². The molecule has 5 heteroatoms. The van der Waals surface area contributed by atoms with Crippen LogP contribution in [-0.4, -0.2) is 29.3 Å². The number of hydrogen-bond donors (Lipinski definition) is 1. The molecule has 14 heavy (non-hydrogen) atoms. The number of aromatic nitrogens is 2. The molecular weight excluding hydrogens is 178 g/mol. The Bertz CT molecular complexity index is 457. The highest BCUT2D eigenvalue weighted by Gasteiger charge is 2.02. The molecule has 1 N–H and O–H groups in total. The summed E-state index contributed by atoms with van der Waals surface area (Å²) in [6, 6.07) is 7.82. The zero-order valence-electron chi connectivity index (χ0n) is 8.10. The van der Waals surface area contributed by atoms with E-state index in [9.17, 15) is 0 Å². The highest BCUT2D eigenvalue weighted by molar-refractivity contribution is 5.87. The summed E-state index contributed by atoms with van der Waals surface area (Å²) < 4.78 is 0. The normalized spacial score (nSPS) is 11.3. The van der Waals surface area contributed by atoms with Gasteiger partial charge in [0.25, 0.3) is 0 Å². The van der Waals surface area contributed by atoms with Gasteiger partial charge in [0.15, 0.2) is 0 Å². The first-order chi connectivity index (χ1) is 6.77. The maximum absolute atomic E-state index is 4.06. The predicted octanol–water partition coefficient (Wildman–Crippen LogP) is 2.12. The zero-order chi connectivity index (χ0) is 9.97. The van der Waals surface area contributed by atoms with Gasteiger partial charge in [0.05, 0.1) is 5.52 Å². The molecule has 1 aromatic carbocycles. The smallest absolute Gasteiger partial charge is 0.205 e. The molecule has 0 saturated carbocycles. The summed E-state index contributed by atoms with van der Waals surface area (Å²) in [5, 5.41) is 17.5. The Labute approximate surface area is 81.4 Å². The maximum atomic E-state index is 4.06. The molecule has 2 aromatic rings. The van der Waals surface area contributed by atoms with Gasteiger partial charge in [0.2, 0.25) is 5.82 Å². The number of hydrogen-bond acceptors (Lipinski definition) is 3. The Kier molecular flexibility index (Phi) is 2.14. The number of nitrogens with zero attached hydrogens (tertiary/aromatic N) is 4. The van der Waals surface area contributed by atoms with Gasteiger partial charge in [0, 0.05) is 19.5 Å². The van der Waals surface area contributed by atoms with Crippen LogP contribution in [0.1, 0.15) is 0 Å². The molecule has 0 saturated heterocycles. The van der Waals surface area contributed by atoms with E-state index in [2.05, 4.69) is 20.5 Å². The van der Waals surface area contributed by atoms with E-state index in [1.54, 1.807) is 5.01 Å². The van der Waals surface area contributed by atoms with Crippen LogP contribution >= 0.6 is 0 Å². The first-order valence-electron chi connectivity index (χ1n) is 4.29. The molecule has 0 aliphatic rings. The van der Waals surface area contributed by atoms with E-state index in [4.69, 9.17) is 0 Å². The second-order valence-electron chi connectivity index (χ2n) is 3.13. The number of para-hydroxylation sites is 1. The fraction of sp³-hybridized carbons (Fsp3) is 0.222. The molecule has 0 aliphatic heterocycles. The number of rotatable bonds is 2. The highest BCUT2D eigenvalue weighted by atomic mass is 15.5. The molecule has 0 unspecified atom stereocenters. The number of aromatic amines is 1. The Morgan fingerprint density at radius 1 is 1.29 bits per heavy atom. The van der Waals surface area contributed by atoms with E-state index in [1.807, 2.05) is 38.4 Å². The van der Waals surface area contributed by atoms with Crippen molar-refractivity contribution < 1.29 is 0 Å². The Balaban J connectivity index is 2.43. The van der Waals surface area contributed by atoms with Crippen LogP contribution in [0.3, 0.4) is 0 Å². The maximum Gasteiger partial charge on any atom is 0.205 e. The van der Waals surface area contributed by atoms with E-state index < -0.39 is 0 Å². The summed E-state index contributed by atoms with van der Waals surface area (Å²) in [5.74, 6) is 0.620. The molecule has 0 atom stereocenters.